The van der Waals surface area contributed by atoms with Crippen LogP contribution in [0.2, 0.25) is 0 Å². The molecule has 6 nitrogen and oxygen atoms in total. The molecule has 0 saturated carbocycles. The van der Waals surface area contributed by atoms with Gasteiger partial charge in [0.05, 0.1) is 18.3 Å². The summed E-state index contributed by atoms with van der Waals surface area (Å²) in [6, 6.07) is 12.5. The van der Waals surface area contributed by atoms with Crippen molar-refractivity contribution in [2.45, 2.75) is 12.5 Å². The molecule has 2 amide bonds. The Bertz CT molecular complexity index is 1060. The Morgan fingerprint density at radius 1 is 1.21 bits per heavy atom. The van der Waals surface area contributed by atoms with Crippen LogP contribution in [0.4, 0.5) is 14.9 Å². The minimum absolute atomic E-state index is 0.303. The van der Waals surface area contributed by atoms with Gasteiger partial charge in [-0.3, -0.25) is 14.7 Å². The number of anilines is 1. The van der Waals surface area contributed by atoms with E-state index in [1.807, 2.05) is 24.3 Å². The van der Waals surface area contributed by atoms with Gasteiger partial charge in [-0.25, -0.2) is 9.18 Å². The number of rotatable bonds is 2. The van der Waals surface area contributed by atoms with Crippen LogP contribution in [0.5, 0.6) is 0 Å². The zero-order valence-corrected chi connectivity index (χ0v) is 15.2. The maximum atomic E-state index is 13.9. The van der Waals surface area contributed by atoms with Crippen molar-refractivity contribution >= 4 is 28.6 Å². The minimum Gasteiger partial charge on any atom is -0.453 e. The smallest absolute Gasteiger partial charge is 0.410 e. The molecule has 3 aromatic rings. The van der Waals surface area contributed by atoms with Gasteiger partial charge < -0.3 is 10.1 Å². The summed E-state index contributed by atoms with van der Waals surface area (Å²) in [4.78, 5) is 31.1. The van der Waals surface area contributed by atoms with Gasteiger partial charge in [-0.05, 0) is 41.8 Å². The molecule has 0 bridgehead atoms. The first kappa shape index (κ1) is 17.9. The first-order valence-electron chi connectivity index (χ1n) is 8.86. The van der Waals surface area contributed by atoms with Crippen molar-refractivity contribution in [3.63, 3.8) is 0 Å². The van der Waals surface area contributed by atoms with E-state index in [2.05, 4.69) is 10.3 Å². The van der Waals surface area contributed by atoms with Crippen molar-refractivity contribution in [2.24, 2.45) is 0 Å². The molecule has 28 heavy (non-hydrogen) atoms. The lowest BCUT2D eigenvalue weighted by molar-refractivity contribution is -0.121. The van der Waals surface area contributed by atoms with Gasteiger partial charge in [0.15, 0.2) is 0 Å². The molecule has 0 saturated heterocycles. The Labute approximate surface area is 160 Å². The summed E-state index contributed by atoms with van der Waals surface area (Å²) in [5.74, 6) is -0.912. The fourth-order valence-electron chi connectivity index (χ4n) is 3.59. The molecule has 1 aliphatic heterocycles. The quantitative estimate of drug-likeness (QED) is 0.737. The molecular weight excluding hydrogens is 361 g/mol. The number of nitrogens with one attached hydrogen (secondary N) is 1. The van der Waals surface area contributed by atoms with Crippen LogP contribution < -0.4 is 5.32 Å². The summed E-state index contributed by atoms with van der Waals surface area (Å²) in [6.07, 6.45) is 1.53. The van der Waals surface area contributed by atoms with Gasteiger partial charge in [-0.1, -0.05) is 24.3 Å². The van der Waals surface area contributed by atoms with Crippen LogP contribution in [0.1, 0.15) is 17.2 Å². The van der Waals surface area contributed by atoms with E-state index in [4.69, 9.17) is 4.74 Å². The summed E-state index contributed by atoms with van der Waals surface area (Å²) < 4.78 is 18.7. The molecule has 0 radical (unpaired) electrons. The van der Waals surface area contributed by atoms with Crippen LogP contribution >= 0.6 is 0 Å². The monoisotopic (exact) mass is 379 g/mol. The molecule has 0 unspecified atom stereocenters. The number of halogens is 1. The number of hydrogen-bond donors (Lipinski definition) is 1. The number of para-hydroxylation sites is 1. The minimum atomic E-state index is -0.995. The van der Waals surface area contributed by atoms with Gasteiger partial charge in [0.2, 0.25) is 0 Å². The van der Waals surface area contributed by atoms with Crippen molar-refractivity contribution in [1.82, 2.24) is 9.88 Å². The molecule has 7 heteroatoms. The summed E-state index contributed by atoms with van der Waals surface area (Å²) >= 11 is 0. The molecule has 142 valence electrons. The number of hydrogen-bond acceptors (Lipinski definition) is 4. The largest absolute Gasteiger partial charge is 0.453 e. The van der Waals surface area contributed by atoms with E-state index in [9.17, 15) is 14.0 Å². The molecule has 1 aliphatic rings. The predicted octanol–water partition coefficient (Wildman–Crippen LogP) is 3.68. The van der Waals surface area contributed by atoms with Gasteiger partial charge in [0, 0.05) is 18.1 Å². The van der Waals surface area contributed by atoms with Gasteiger partial charge in [-0.2, -0.15) is 0 Å². The Kier molecular flexibility index (Phi) is 4.65. The lowest BCUT2D eigenvalue weighted by Gasteiger charge is -2.35. The van der Waals surface area contributed by atoms with Crippen LogP contribution in [-0.2, 0) is 16.0 Å². The molecule has 4 rings (SSSR count). The number of amides is 2. The fraction of sp³-hybridized carbons (Fsp3) is 0.190. The maximum absolute atomic E-state index is 13.9. The van der Waals surface area contributed by atoms with E-state index in [0.29, 0.717) is 29.7 Å². The van der Waals surface area contributed by atoms with Crippen molar-refractivity contribution in [3.8, 4) is 0 Å². The van der Waals surface area contributed by atoms with E-state index in [1.165, 1.54) is 24.1 Å². The Hall–Kier alpha value is -3.48. The fourth-order valence-corrected chi connectivity index (χ4v) is 3.59. The standard InChI is InChI=1S/C21H18FN3O3/c1-28-21(27)25-11-9-13-7-8-15(22)12-16(13)19(25)20(26)24-17-6-2-4-14-5-3-10-23-18(14)17/h2-8,10,12,19H,9,11H2,1H3,(H,24,26)/t19-/m1/s1. The zero-order chi connectivity index (χ0) is 19.7. The van der Waals surface area contributed by atoms with Crippen molar-refractivity contribution in [3.05, 3.63) is 71.7 Å². The molecule has 0 spiro atoms. The maximum Gasteiger partial charge on any atom is 0.410 e. The van der Waals surface area contributed by atoms with Crippen LogP contribution in [0.3, 0.4) is 0 Å². The Morgan fingerprint density at radius 2 is 2.04 bits per heavy atom. The second kappa shape index (κ2) is 7.26. The van der Waals surface area contributed by atoms with E-state index >= 15 is 0 Å². The summed E-state index contributed by atoms with van der Waals surface area (Å²) in [6.45, 7) is 0.303. The average molecular weight is 379 g/mol. The third-order valence-corrected chi connectivity index (χ3v) is 4.88. The third-order valence-electron chi connectivity index (χ3n) is 4.88. The van der Waals surface area contributed by atoms with Crippen molar-refractivity contribution in [2.75, 3.05) is 19.0 Å². The summed E-state index contributed by atoms with van der Waals surface area (Å²) in [5, 5.41) is 3.73. The lowest BCUT2D eigenvalue weighted by Crippen LogP contribution is -2.45. The number of methoxy groups -OCH3 is 1. The average Bonchev–Trinajstić information content (AvgIpc) is 2.72. The highest BCUT2D eigenvalue weighted by atomic mass is 19.1. The number of aromatic nitrogens is 1. The second-order valence-electron chi connectivity index (χ2n) is 6.53. The highest BCUT2D eigenvalue weighted by molar-refractivity contribution is 6.03. The van der Waals surface area contributed by atoms with E-state index in [0.717, 1.165) is 10.9 Å². The number of benzene rings is 2. The molecule has 1 atom stereocenters. The highest BCUT2D eigenvalue weighted by Crippen LogP contribution is 2.32. The zero-order valence-electron chi connectivity index (χ0n) is 15.2. The second-order valence-corrected chi connectivity index (χ2v) is 6.53. The summed E-state index contributed by atoms with van der Waals surface area (Å²) in [7, 11) is 1.26. The Morgan fingerprint density at radius 3 is 2.86 bits per heavy atom. The Balaban J connectivity index is 1.74. The third kappa shape index (κ3) is 3.15. The van der Waals surface area contributed by atoms with Crippen LogP contribution in [0.25, 0.3) is 10.9 Å². The molecular formula is C21H18FN3O3. The molecule has 2 aromatic carbocycles. The van der Waals surface area contributed by atoms with Gasteiger partial charge >= 0.3 is 6.09 Å². The SMILES string of the molecule is COC(=O)N1CCc2ccc(F)cc2[C@@H]1C(=O)Nc1cccc2cccnc12. The van der Waals surface area contributed by atoms with Gasteiger partial charge in [0.25, 0.3) is 5.91 Å². The predicted molar refractivity (Wildman–Crippen MR) is 102 cm³/mol. The molecule has 0 aliphatic carbocycles. The number of carbonyl (C=O) groups is 2. The number of pyridine rings is 1. The first-order chi connectivity index (χ1) is 13.6. The highest BCUT2D eigenvalue weighted by Gasteiger charge is 2.37. The van der Waals surface area contributed by atoms with E-state index < -0.39 is 23.9 Å². The normalized spacial score (nSPS) is 15.8. The summed E-state index contributed by atoms with van der Waals surface area (Å²) in [5.41, 5.74) is 2.45. The number of nitrogens with zero attached hydrogens (tertiary/aromatic N) is 2. The van der Waals surface area contributed by atoms with Crippen LogP contribution in [0, 0.1) is 5.82 Å². The molecule has 2 heterocycles. The number of carbonyl (C=O) groups excluding carboxylic acids is 2. The van der Waals surface area contributed by atoms with Gasteiger partial charge in [-0.15, -0.1) is 0 Å². The molecule has 1 aromatic heterocycles. The van der Waals surface area contributed by atoms with Gasteiger partial charge in [0.1, 0.15) is 11.9 Å². The van der Waals surface area contributed by atoms with Crippen LogP contribution in [-0.4, -0.2) is 35.5 Å². The van der Waals surface area contributed by atoms with Crippen LogP contribution in [0.15, 0.2) is 54.7 Å². The van der Waals surface area contributed by atoms with Crippen molar-refractivity contribution in [1.29, 1.82) is 0 Å². The topological polar surface area (TPSA) is 71.5 Å². The molecule has 0 fully saturated rings. The number of ether oxygens (including phenoxy) is 1. The number of fused-ring (bicyclic) bond motifs is 2. The van der Waals surface area contributed by atoms with E-state index in [1.54, 1.807) is 18.3 Å². The lowest BCUT2D eigenvalue weighted by atomic mass is 9.92. The molecule has 1 N–H and O–H groups in total. The van der Waals surface area contributed by atoms with Crippen molar-refractivity contribution < 1.29 is 18.7 Å². The first-order valence-corrected chi connectivity index (χ1v) is 8.86. The van der Waals surface area contributed by atoms with E-state index in [-0.39, 0.29) is 0 Å².